The number of ether oxygens (including phenoxy) is 2. The van der Waals surface area contributed by atoms with E-state index >= 15 is 0 Å². The van der Waals surface area contributed by atoms with Crippen molar-refractivity contribution in [1.82, 2.24) is 14.9 Å². The molecule has 1 heterocycles. The first-order chi connectivity index (χ1) is 15.3. The van der Waals surface area contributed by atoms with Crippen molar-refractivity contribution >= 4 is 21.8 Å². The molecular weight excluding hydrogens is 434 g/mol. The highest BCUT2D eigenvalue weighted by atomic mass is 32.2. The fraction of sp³-hybridized carbons (Fsp3) is 0.364. The predicted molar refractivity (Wildman–Crippen MR) is 117 cm³/mol. The van der Waals surface area contributed by atoms with Crippen LogP contribution in [0.2, 0.25) is 0 Å². The van der Waals surface area contributed by atoms with Crippen molar-refractivity contribution in [2.45, 2.75) is 31.0 Å². The summed E-state index contributed by atoms with van der Waals surface area (Å²) in [5.74, 6) is -1.07. The predicted octanol–water partition coefficient (Wildman–Crippen LogP) is 1.17. The SMILES string of the molecule is COc1ccc(S(=O)(=O)N2CCCOC2CNC(=O)C(=O)NCc2ccccc2)cc1C. The van der Waals surface area contributed by atoms with Crippen molar-refractivity contribution in [2.24, 2.45) is 0 Å². The number of methoxy groups -OCH3 is 1. The number of aryl methyl sites for hydroxylation is 1. The number of rotatable bonds is 7. The van der Waals surface area contributed by atoms with Gasteiger partial charge in [0.1, 0.15) is 12.0 Å². The van der Waals surface area contributed by atoms with E-state index in [1.54, 1.807) is 13.0 Å². The molecule has 1 fully saturated rings. The fourth-order valence-corrected chi connectivity index (χ4v) is 5.02. The molecule has 2 aromatic carbocycles. The van der Waals surface area contributed by atoms with Gasteiger partial charge in [0.25, 0.3) is 0 Å². The van der Waals surface area contributed by atoms with Crippen molar-refractivity contribution in [3.05, 3.63) is 59.7 Å². The molecule has 0 aromatic heterocycles. The minimum Gasteiger partial charge on any atom is -0.496 e. The summed E-state index contributed by atoms with van der Waals surface area (Å²) in [6.45, 7) is 2.43. The molecule has 0 spiro atoms. The molecule has 172 valence electrons. The van der Waals surface area contributed by atoms with Crippen LogP contribution in [-0.2, 0) is 30.9 Å². The van der Waals surface area contributed by atoms with Gasteiger partial charge in [-0.3, -0.25) is 9.59 Å². The van der Waals surface area contributed by atoms with E-state index in [-0.39, 0.29) is 24.5 Å². The molecule has 1 atom stereocenters. The van der Waals surface area contributed by atoms with E-state index in [2.05, 4.69) is 10.6 Å². The lowest BCUT2D eigenvalue weighted by atomic mass is 10.2. The van der Waals surface area contributed by atoms with Crippen molar-refractivity contribution in [2.75, 3.05) is 26.8 Å². The van der Waals surface area contributed by atoms with Gasteiger partial charge in [-0.15, -0.1) is 0 Å². The molecular formula is C22H27N3O6S. The molecule has 9 nitrogen and oxygen atoms in total. The maximum Gasteiger partial charge on any atom is 0.309 e. The van der Waals surface area contributed by atoms with E-state index in [4.69, 9.17) is 9.47 Å². The van der Waals surface area contributed by atoms with Gasteiger partial charge in [0.05, 0.1) is 25.2 Å². The third-order valence-corrected chi connectivity index (χ3v) is 6.95. The summed E-state index contributed by atoms with van der Waals surface area (Å²) in [5, 5.41) is 5.00. The normalized spacial score (nSPS) is 16.9. The second-order valence-electron chi connectivity index (χ2n) is 7.30. The number of nitrogens with zero attached hydrogens (tertiary/aromatic N) is 1. The highest BCUT2D eigenvalue weighted by Crippen LogP contribution is 2.26. The van der Waals surface area contributed by atoms with Gasteiger partial charge in [0.15, 0.2) is 0 Å². The maximum atomic E-state index is 13.2. The number of hydrogen-bond donors (Lipinski definition) is 2. The van der Waals surface area contributed by atoms with Crippen molar-refractivity contribution in [3.8, 4) is 5.75 Å². The van der Waals surface area contributed by atoms with Crippen LogP contribution in [-0.4, -0.2) is 57.6 Å². The van der Waals surface area contributed by atoms with Gasteiger partial charge in [-0.1, -0.05) is 30.3 Å². The second-order valence-corrected chi connectivity index (χ2v) is 9.20. The lowest BCUT2D eigenvalue weighted by molar-refractivity contribution is -0.140. The summed E-state index contributed by atoms with van der Waals surface area (Å²) in [7, 11) is -2.35. The van der Waals surface area contributed by atoms with Crippen LogP contribution in [0.25, 0.3) is 0 Å². The van der Waals surface area contributed by atoms with E-state index < -0.39 is 28.1 Å². The van der Waals surface area contributed by atoms with Gasteiger partial charge >= 0.3 is 11.8 Å². The number of carbonyl (C=O) groups is 2. The van der Waals surface area contributed by atoms with E-state index in [1.165, 1.54) is 23.5 Å². The summed E-state index contributed by atoms with van der Waals surface area (Å²) in [6, 6.07) is 13.8. The van der Waals surface area contributed by atoms with E-state index in [1.807, 2.05) is 30.3 Å². The Labute approximate surface area is 187 Å². The van der Waals surface area contributed by atoms with Crippen LogP contribution in [0.4, 0.5) is 0 Å². The van der Waals surface area contributed by atoms with Crippen molar-refractivity contribution in [3.63, 3.8) is 0 Å². The first-order valence-electron chi connectivity index (χ1n) is 10.2. The van der Waals surface area contributed by atoms with E-state index in [9.17, 15) is 18.0 Å². The van der Waals surface area contributed by atoms with Gasteiger partial charge in [-0.25, -0.2) is 8.42 Å². The fourth-order valence-electron chi connectivity index (χ4n) is 3.37. The van der Waals surface area contributed by atoms with Gasteiger partial charge in [0.2, 0.25) is 10.0 Å². The zero-order chi connectivity index (χ0) is 23.1. The lowest BCUT2D eigenvalue weighted by Gasteiger charge is -2.34. The Balaban J connectivity index is 1.63. The number of benzene rings is 2. The summed E-state index contributed by atoms with van der Waals surface area (Å²) < 4.78 is 38.4. The van der Waals surface area contributed by atoms with Crippen LogP contribution in [0.3, 0.4) is 0 Å². The molecule has 10 heteroatoms. The molecule has 1 unspecified atom stereocenters. The molecule has 2 N–H and O–H groups in total. The lowest BCUT2D eigenvalue weighted by Crippen LogP contribution is -2.53. The number of nitrogens with one attached hydrogen (secondary N) is 2. The van der Waals surface area contributed by atoms with Gasteiger partial charge < -0.3 is 20.1 Å². The first kappa shape index (κ1) is 23.7. The summed E-state index contributed by atoms with van der Waals surface area (Å²) in [6.07, 6.45) is -0.391. The minimum absolute atomic E-state index is 0.109. The van der Waals surface area contributed by atoms with Gasteiger partial charge in [0, 0.05) is 13.1 Å². The van der Waals surface area contributed by atoms with Crippen molar-refractivity contribution in [1.29, 1.82) is 0 Å². The molecule has 0 bridgehead atoms. The van der Waals surface area contributed by atoms with Crippen LogP contribution in [0.5, 0.6) is 5.75 Å². The summed E-state index contributed by atoms with van der Waals surface area (Å²) in [4.78, 5) is 24.4. The van der Waals surface area contributed by atoms with Crippen LogP contribution in [0.15, 0.2) is 53.4 Å². The standard InChI is InChI=1S/C22H27N3O6S/c1-16-13-18(9-10-19(16)30-2)32(28,29)25-11-6-12-31-20(25)15-24-22(27)21(26)23-14-17-7-4-3-5-8-17/h3-5,7-10,13,20H,6,11-12,14-15H2,1-2H3,(H,23,26)(H,24,27). The third-order valence-electron chi connectivity index (χ3n) is 5.07. The third kappa shape index (κ3) is 5.64. The topological polar surface area (TPSA) is 114 Å². The average Bonchev–Trinajstić information content (AvgIpc) is 2.81. The maximum absolute atomic E-state index is 13.2. The number of amides is 2. The van der Waals surface area contributed by atoms with Crippen LogP contribution < -0.4 is 15.4 Å². The molecule has 1 aliphatic rings. The minimum atomic E-state index is -3.87. The Kier molecular flexibility index (Phi) is 7.84. The quantitative estimate of drug-likeness (QED) is 0.599. The molecule has 1 aliphatic heterocycles. The first-order valence-corrected chi connectivity index (χ1v) is 11.6. The van der Waals surface area contributed by atoms with E-state index in [0.717, 1.165) is 5.56 Å². The Morgan fingerprint density at radius 1 is 1.12 bits per heavy atom. The number of hydrogen-bond acceptors (Lipinski definition) is 6. The average molecular weight is 462 g/mol. The van der Waals surface area contributed by atoms with Gasteiger partial charge in [-0.05, 0) is 42.7 Å². The molecule has 2 amide bonds. The van der Waals surface area contributed by atoms with Crippen LogP contribution in [0, 0.1) is 6.92 Å². The molecule has 0 aliphatic carbocycles. The second kappa shape index (κ2) is 10.6. The zero-order valence-corrected chi connectivity index (χ0v) is 18.9. The number of sulfonamides is 1. The summed E-state index contributed by atoms with van der Waals surface area (Å²) >= 11 is 0. The van der Waals surface area contributed by atoms with E-state index in [0.29, 0.717) is 24.3 Å². The largest absolute Gasteiger partial charge is 0.496 e. The van der Waals surface area contributed by atoms with Crippen molar-refractivity contribution < 1.29 is 27.5 Å². The zero-order valence-electron chi connectivity index (χ0n) is 18.0. The molecule has 0 radical (unpaired) electrons. The van der Waals surface area contributed by atoms with Crippen LogP contribution >= 0.6 is 0 Å². The van der Waals surface area contributed by atoms with Gasteiger partial charge in [-0.2, -0.15) is 4.31 Å². The number of carbonyl (C=O) groups excluding carboxylic acids is 2. The Bertz CT molecular complexity index is 1060. The molecule has 2 aromatic rings. The monoisotopic (exact) mass is 461 g/mol. The smallest absolute Gasteiger partial charge is 0.309 e. The molecule has 32 heavy (non-hydrogen) atoms. The Morgan fingerprint density at radius 3 is 2.53 bits per heavy atom. The molecule has 1 saturated heterocycles. The van der Waals surface area contributed by atoms with Crippen LogP contribution in [0.1, 0.15) is 17.5 Å². The highest BCUT2D eigenvalue weighted by Gasteiger charge is 2.35. The molecule has 0 saturated carbocycles. The Morgan fingerprint density at radius 2 is 1.84 bits per heavy atom. The molecule has 3 rings (SSSR count). The Hall–Kier alpha value is -2.95. The highest BCUT2D eigenvalue weighted by molar-refractivity contribution is 7.89. The summed E-state index contributed by atoms with van der Waals surface area (Å²) in [5.41, 5.74) is 1.54.